The molecule has 0 saturated carbocycles. The van der Waals surface area contributed by atoms with Crippen molar-refractivity contribution in [3.05, 3.63) is 0 Å². The molecule has 0 radical (unpaired) electrons. The third kappa shape index (κ3) is 6.75. The Kier molecular flexibility index (Phi) is 5.48. The normalized spacial score (nSPS) is 15.0. The minimum atomic E-state index is -0.159. The van der Waals surface area contributed by atoms with Gasteiger partial charge in [-0.1, -0.05) is 34.6 Å². The van der Waals surface area contributed by atoms with Gasteiger partial charge in [0.25, 0.3) is 0 Å². The van der Waals surface area contributed by atoms with E-state index in [-0.39, 0.29) is 16.6 Å². The summed E-state index contributed by atoms with van der Waals surface area (Å²) in [7, 11) is 0. The molecule has 0 unspecified atom stereocenters. The van der Waals surface area contributed by atoms with E-state index in [4.69, 9.17) is 10.5 Å². The molecule has 0 saturated heterocycles. The van der Waals surface area contributed by atoms with Gasteiger partial charge in [0.2, 0.25) is 0 Å². The molecule has 0 aromatic heterocycles. The summed E-state index contributed by atoms with van der Waals surface area (Å²) in [4.78, 5) is 0. The molecular formula is C16H35NO. The molecule has 2 heteroatoms. The first-order valence-corrected chi connectivity index (χ1v) is 7.09. The fourth-order valence-electron chi connectivity index (χ4n) is 2.16. The van der Waals surface area contributed by atoms with E-state index in [1.165, 1.54) is 0 Å². The SMILES string of the molecule is CC(C)(C)CCOC(C)(C)C(C)(C)CC(C)(C)N. The van der Waals surface area contributed by atoms with Crippen LogP contribution in [0.25, 0.3) is 0 Å². The van der Waals surface area contributed by atoms with E-state index in [1.54, 1.807) is 0 Å². The Morgan fingerprint density at radius 2 is 1.28 bits per heavy atom. The van der Waals surface area contributed by atoms with Gasteiger partial charge in [0, 0.05) is 12.1 Å². The van der Waals surface area contributed by atoms with Gasteiger partial charge in [-0.2, -0.15) is 0 Å². The summed E-state index contributed by atoms with van der Waals surface area (Å²) in [5.74, 6) is 0. The Hall–Kier alpha value is -0.0800. The average Bonchev–Trinajstić information content (AvgIpc) is 1.94. The standard InChI is InChI=1S/C16H35NO/c1-13(2,3)10-11-18-16(8,9)14(4,5)12-15(6,7)17/h10-12,17H2,1-9H3. The van der Waals surface area contributed by atoms with Gasteiger partial charge in [-0.25, -0.2) is 0 Å². The Morgan fingerprint density at radius 1 is 0.833 bits per heavy atom. The highest BCUT2D eigenvalue weighted by Crippen LogP contribution is 2.40. The number of ether oxygens (including phenoxy) is 1. The molecule has 0 aliphatic rings. The predicted molar refractivity (Wildman–Crippen MR) is 80.8 cm³/mol. The van der Waals surface area contributed by atoms with Gasteiger partial charge in [-0.15, -0.1) is 0 Å². The summed E-state index contributed by atoms with van der Waals surface area (Å²) in [6.45, 7) is 20.6. The maximum absolute atomic E-state index is 6.16. The number of nitrogens with two attached hydrogens (primary N) is 1. The lowest BCUT2D eigenvalue weighted by Gasteiger charge is -2.45. The van der Waals surface area contributed by atoms with Crippen molar-refractivity contribution in [3.63, 3.8) is 0 Å². The zero-order chi connectivity index (χ0) is 14.8. The van der Waals surface area contributed by atoms with E-state index in [0.29, 0.717) is 5.41 Å². The third-order valence-corrected chi connectivity index (χ3v) is 3.84. The van der Waals surface area contributed by atoms with Gasteiger partial charge in [-0.05, 0) is 51.4 Å². The molecule has 0 aliphatic heterocycles. The first kappa shape index (κ1) is 17.9. The average molecular weight is 257 g/mol. The molecule has 0 rings (SSSR count). The van der Waals surface area contributed by atoms with Crippen molar-refractivity contribution in [2.75, 3.05) is 6.61 Å². The van der Waals surface area contributed by atoms with Crippen LogP contribution in [0.2, 0.25) is 0 Å². The van der Waals surface area contributed by atoms with Crippen molar-refractivity contribution in [3.8, 4) is 0 Å². The van der Waals surface area contributed by atoms with Crippen LogP contribution in [0.15, 0.2) is 0 Å². The van der Waals surface area contributed by atoms with Gasteiger partial charge in [0.1, 0.15) is 0 Å². The molecule has 0 aromatic rings. The zero-order valence-corrected chi connectivity index (χ0v) is 14.1. The molecule has 0 bridgehead atoms. The van der Waals surface area contributed by atoms with Crippen LogP contribution in [0.3, 0.4) is 0 Å². The number of rotatable bonds is 6. The summed E-state index contributed by atoms with van der Waals surface area (Å²) < 4.78 is 6.16. The first-order chi connectivity index (χ1) is 7.66. The number of hydrogen-bond acceptors (Lipinski definition) is 2. The molecule has 2 nitrogen and oxygen atoms in total. The van der Waals surface area contributed by atoms with E-state index in [2.05, 4.69) is 62.3 Å². The lowest BCUT2D eigenvalue weighted by atomic mass is 9.70. The quantitative estimate of drug-likeness (QED) is 0.767. The fourth-order valence-corrected chi connectivity index (χ4v) is 2.16. The highest BCUT2D eigenvalue weighted by molar-refractivity contribution is 4.93. The molecule has 110 valence electrons. The van der Waals surface area contributed by atoms with E-state index in [0.717, 1.165) is 19.4 Å². The van der Waals surface area contributed by atoms with Crippen LogP contribution in [0, 0.1) is 10.8 Å². The second-order valence-corrected chi connectivity index (χ2v) is 8.72. The molecule has 0 spiro atoms. The molecule has 0 amide bonds. The second-order valence-electron chi connectivity index (χ2n) is 8.72. The lowest BCUT2D eigenvalue weighted by molar-refractivity contribution is -0.111. The molecule has 0 aliphatic carbocycles. The van der Waals surface area contributed by atoms with Crippen LogP contribution in [0.5, 0.6) is 0 Å². The Labute approximate surface area is 115 Å². The van der Waals surface area contributed by atoms with Crippen LogP contribution >= 0.6 is 0 Å². The molecule has 18 heavy (non-hydrogen) atoms. The van der Waals surface area contributed by atoms with Crippen LogP contribution in [-0.4, -0.2) is 17.7 Å². The lowest BCUT2D eigenvalue weighted by Crippen LogP contribution is -2.48. The van der Waals surface area contributed by atoms with E-state index < -0.39 is 0 Å². The highest BCUT2D eigenvalue weighted by atomic mass is 16.5. The van der Waals surface area contributed by atoms with Crippen LogP contribution in [-0.2, 0) is 4.74 Å². The second kappa shape index (κ2) is 5.50. The van der Waals surface area contributed by atoms with Crippen LogP contribution in [0.1, 0.15) is 75.2 Å². The van der Waals surface area contributed by atoms with Gasteiger partial charge >= 0.3 is 0 Å². The Balaban J connectivity index is 4.51. The first-order valence-electron chi connectivity index (χ1n) is 7.09. The maximum atomic E-state index is 6.16. The van der Waals surface area contributed by atoms with Gasteiger partial charge in [-0.3, -0.25) is 0 Å². The van der Waals surface area contributed by atoms with Gasteiger partial charge in [0.05, 0.1) is 5.60 Å². The molecular weight excluding hydrogens is 222 g/mol. The van der Waals surface area contributed by atoms with Crippen LogP contribution < -0.4 is 5.73 Å². The molecule has 2 N–H and O–H groups in total. The smallest absolute Gasteiger partial charge is 0.0677 e. The fraction of sp³-hybridized carbons (Fsp3) is 1.00. The monoisotopic (exact) mass is 257 g/mol. The van der Waals surface area contributed by atoms with Crippen molar-refractivity contribution in [2.45, 2.75) is 86.3 Å². The van der Waals surface area contributed by atoms with E-state index in [9.17, 15) is 0 Å². The van der Waals surface area contributed by atoms with Gasteiger partial charge < -0.3 is 10.5 Å². The predicted octanol–water partition coefficient (Wildman–Crippen LogP) is 4.37. The van der Waals surface area contributed by atoms with E-state index >= 15 is 0 Å². The minimum Gasteiger partial charge on any atom is -0.375 e. The largest absolute Gasteiger partial charge is 0.375 e. The Bertz CT molecular complexity index is 253. The van der Waals surface area contributed by atoms with Crippen molar-refractivity contribution in [1.82, 2.24) is 0 Å². The summed E-state index contributed by atoms with van der Waals surface area (Å²) in [5.41, 5.74) is 6.23. The highest BCUT2D eigenvalue weighted by Gasteiger charge is 2.40. The van der Waals surface area contributed by atoms with Crippen molar-refractivity contribution >= 4 is 0 Å². The van der Waals surface area contributed by atoms with Crippen molar-refractivity contribution < 1.29 is 4.74 Å². The minimum absolute atomic E-state index is 0.0587. The topological polar surface area (TPSA) is 35.2 Å². The maximum Gasteiger partial charge on any atom is 0.0677 e. The number of hydrogen-bond donors (Lipinski definition) is 1. The molecule has 0 aromatic carbocycles. The molecule has 0 atom stereocenters. The molecule has 0 heterocycles. The summed E-state index contributed by atoms with van der Waals surface area (Å²) in [5, 5.41) is 0. The summed E-state index contributed by atoms with van der Waals surface area (Å²) in [6, 6.07) is 0. The van der Waals surface area contributed by atoms with E-state index in [1.807, 2.05) is 0 Å². The summed E-state index contributed by atoms with van der Waals surface area (Å²) in [6.07, 6.45) is 2.03. The zero-order valence-electron chi connectivity index (χ0n) is 14.1. The van der Waals surface area contributed by atoms with Gasteiger partial charge in [0.15, 0.2) is 0 Å². The third-order valence-electron chi connectivity index (χ3n) is 3.84. The molecule has 0 fully saturated rings. The van der Waals surface area contributed by atoms with Crippen molar-refractivity contribution in [2.24, 2.45) is 16.6 Å². The summed E-state index contributed by atoms with van der Waals surface area (Å²) >= 11 is 0. The Morgan fingerprint density at radius 3 is 1.61 bits per heavy atom. The van der Waals surface area contributed by atoms with Crippen molar-refractivity contribution in [1.29, 1.82) is 0 Å². The van der Waals surface area contributed by atoms with Crippen LogP contribution in [0.4, 0.5) is 0 Å².